The van der Waals surface area contributed by atoms with Crippen molar-refractivity contribution in [3.63, 3.8) is 0 Å². The van der Waals surface area contributed by atoms with Crippen LogP contribution < -0.4 is 32.3 Å². The summed E-state index contributed by atoms with van der Waals surface area (Å²) >= 11 is 0. The highest BCUT2D eigenvalue weighted by molar-refractivity contribution is 5.99. The van der Waals surface area contributed by atoms with E-state index in [-0.39, 0.29) is 25.8 Å². The number of aliphatic hydroxyl groups excluding tert-OH is 1. The lowest BCUT2D eigenvalue weighted by atomic mass is 9.91. The number of unbranched alkanes of at least 4 members (excludes halogenated alkanes) is 1. The SMILES string of the molecule is C[C@H](c1c[nH]c2ccccc12)[C@H]1NC(=O)[C@H](Cc2ccccc2)NC(=O)[C@@H]2CCCN2C(=O)[C@H](Cc2ccccc2)NC(=O)[C@H]([C@@H](C)O)NC(=O)[C@H](CCCCN)NC1=O. The smallest absolute Gasteiger partial charge is 0.246 e. The molecule has 1 aromatic heterocycles. The lowest BCUT2D eigenvalue weighted by Gasteiger charge is -2.33. The van der Waals surface area contributed by atoms with E-state index in [4.69, 9.17) is 5.73 Å². The molecule has 3 heterocycles. The van der Waals surface area contributed by atoms with Gasteiger partial charge in [-0.25, -0.2) is 0 Å². The third kappa shape index (κ3) is 10.6. The normalized spacial score (nSPS) is 24.6. The van der Waals surface area contributed by atoms with E-state index in [2.05, 4.69) is 31.6 Å². The first kappa shape index (κ1) is 43.5. The summed E-state index contributed by atoms with van der Waals surface area (Å²) in [5.74, 6) is -4.60. The fraction of sp³-hybridized carbons (Fsp3) is 0.422. The number of hydrogen-bond donors (Lipinski definition) is 8. The number of amides is 6. The third-order valence-corrected chi connectivity index (χ3v) is 11.5. The predicted octanol–water partition coefficient (Wildman–Crippen LogP) is 1.70. The fourth-order valence-electron chi connectivity index (χ4n) is 8.15. The number of aliphatic hydroxyl groups is 1. The van der Waals surface area contributed by atoms with E-state index in [9.17, 15) is 33.9 Å². The second-order valence-corrected chi connectivity index (χ2v) is 15.8. The lowest BCUT2D eigenvalue weighted by molar-refractivity contribution is -0.143. The van der Waals surface area contributed by atoms with E-state index in [0.29, 0.717) is 32.2 Å². The molecule has 0 saturated carbocycles. The Morgan fingerprint density at radius 2 is 1.23 bits per heavy atom. The van der Waals surface area contributed by atoms with Crippen LogP contribution in [0.3, 0.4) is 0 Å². The Morgan fingerprint density at radius 3 is 1.90 bits per heavy atom. The van der Waals surface area contributed by atoms with Gasteiger partial charge in [0.1, 0.15) is 36.3 Å². The van der Waals surface area contributed by atoms with E-state index in [1.165, 1.54) is 11.8 Å². The summed E-state index contributed by atoms with van der Waals surface area (Å²) < 4.78 is 0. The summed E-state index contributed by atoms with van der Waals surface area (Å²) in [5, 5.41) is 25.8. The molecule has 3 aromatic carbocycles. The van der Waals surface area contributed by atoms with Gasteiger partial charge in [-0.2, -0.15) is 0 Å². The Balaban J connectivity index is 1.42. The maximum absolute atomic E-state index is 14.6. The van der Waals surface area contributed by atoms with Gasteiger partial charge in [0.15, 0.2) is 0 Å². The minimum atomic E-state index is -1.52. The molecular formula is C45H56N8O7. The van der Waals surface area contributed by atoms with Gasteiger partial charge in [0.05, 0.1) is 6.10 Å². The van der Waals surface area contributed by atoms with E-state index < -0.39 is 83.7 Å². The molecule has 2 aliphatic heterocycles. The van der Waals surface area contributed by atoms with Crippen molar-refractivity contribution in [2.24, 2.45) is 5.73 Å². The molecule has 15 nitrogen and oxygen atoms in total. The standard InChI is InChI=1S/C45H56N8O7/c1-27(32-26-47-33-19-10-9-18-31(32)33)38-43(58)48-34(20-11-12-22-46)40(55)52-39(28(2)54)44(59)50-36(25-30-16-7-4-8-17-30)45(60)53-23-13-21-37(53)42(57)49-35(41(56)51-38)24-29-14-5-3-6-15-29/h3-10,14-19,26-28,34-39,47,54H,11-13,20-25,46H2,1-2H3,(H,48,58)(H,49,57)(H,50,59)(H,51,56)(H,52,55)/t27-,28-,34+,35+,36+,37+,38-,39+/m1/s1. The van der Waals surface area contributed by atoms with Gasteiger partial charge in [-0.1, -0.05) is 85.8 Å². The summed E-state index contributed by atoms with van der Waals surface area (Å²) in [7, 11) is 0. The molecule has 0 unspecified atom stereocenters. The molecule has 2 aliphatic rings. The monoisotopic (exact) mass is 820 g/mol. The number of nitrogens with one attached hydrogen (secondary N) is 6. The molecule has 9 N–H and O–H groups in total. The molecule has 2 saturated heterocycles. The molecular weight excluding hydrogens is 765 g/mol. The zero-order valence-electron chi connectivity index (χ0n) is 34.1. The van der Waals surface area contributed by atoms with Crippen LogP contribution in [-0.4, -0.2) is 106 Å². The van der Waals surface area contributed by atoms with Crippen molar-refractivity contribution in [3.05, 3.63) is 108 Å². The van der Waals surface area contributed by atoms with Crippen LogP contribution in [0.25, 0.3) is 10.9 Å². The van der Waals surface area contributed by atoms with E-state index in [1.54, 1.807) is 37.4 Å². The van der Waals surface area contributed by atoms with Crippen LogP contribution in [0.1, 0.15) is 68.6 Å². The number of para-hydroxylation sites is 1. The average molecular weight is 821 g/mol. The molecule has 15 heteroatoms. The van der Waals surface area contributed by atoms with Crippen LogP contribution >= 0.6 is 0 Å². The zero-order valence-corrected chi connectivity index (χ0v) is 34.1. The Bertz CT molecular complexity index is 2130. The number of nitrogens with zero attached hydrogens (tertiary/aromatic N) is 1. The summed E-state index contributed by atoms with van der Waals surface area (Å²) in [5.41, 5.74) is 8.83. The molecule has 0 radical (unpaired) electrons. The number of hydrogen-bond acceptors (Lipinski definition) is 8. The van der Waals surface area contributed by atoms with Gasteiger partial charge >= 0.3 is 0 Å². The second kappa shape index (κ2) is 20.3. The van der Waals surface area contributed by atoms with Gasteiger partial charge in [-0.3, -0.25) is 28.8 Å². The number of rotatable bonds is 11. The van der Waals surface area contributed by atoms with Gasteiger partial charge in [-0.05, 0) is 68.3 Å². The van der Waals surface area contributed by atoms with Crippen LogP contribution in [0.5, 0.6) is 0 Å². The molecule has 2 fully saturated rings. The first-order chi connectivity index (χ1) is 28.9. The zero-order chi connectivity index (χ0) is 42.8. The topological polar surface area (TPSA) is 228 Å². The van der Waals surface area contributed by atoms with Crippen LogP contribution in [0.2, 0.25) is 0 Å². The molecule has 6 rings (SSSR count). The Kier molecular flexibility index (Phi) is 14.7. The number of benzene rings is 3. The molecule has 318 valence electrons. The van der Waals surface area contributed by atoms with E-state index in [1.807, 2.05) is 60.7 Å². The molecule has 60 heavy (non-hydrogen) atoms. The van der Waals surface area contributed by atoms with E-state index >= 15 is 0 Å². The van der Waals surface area contributed by atoms with Crippen LogP contribution in [0.4, 0.5) is 0 Å². The first-order valence-corrected chi connectivity index (χ1v) is 20.8. The highest BCUT2D eigenvalue weighted by atomic mass is 16.3. The lowest BCUT2D eigenvalue weighted by Crippen LogP contribution is -2.63. The molecule has 6 amide bonds. The largest absolute Gasteiger partial charge is 0.391 e. The van der Waals surface area contributed by atoms with Crippen LogP contribution in [0.15, 0.2) is 91.1 Å². The fourth-order valence-corrected chi connectivity index (χ4v) is 8.15. The van der Waals surface area contributed by atoms with E-state index in [0.717, 1.165) is 27.6 Å². The Labute approximate surface area is 349 Å². The number of carbonyl (C=O) groups excluding carboxylic acids is 6. The summed E-state index contributed by atoms with van der Waals surface area (Å²) in [4.78, 5) is 90.9. The Morgan fingerprint density at radius 1 is 0.667 bits per heavy atom. The number of fused-ring (bicyclic) bond motifs is 2. The third-order valence-electron chi connectivity index (χ3n) is 11.5. The first-order valence-electron chi connectivity index (χ1n) is 20.8. The van der Waals surface area contributed by atoms with Crippen molar-refractivity contribution in [1.82, 2.24) is 36.5 Å². The number of aromatic amines is 1. The van der Waals surface area contributed by atoms with Crippen molar-refractivity contribution < 1.29 is 33.9 Å². The molecule has 4 aromatic rings. The van der Waals surface area contributed by atoms with Crippen molar-refractivity contribution in [3.8, 4) is 0 Å². The van der Waals surface area contributed by atoms with Gasteiger partial charge in [0, 0.05) is 42.4 Å². The highest BCUT2D eigenvalue weighted by Gasteiger charge is 2.41. The number of H-pyrrole nitrogens is 1. The van der Waals surface area contributed by atoms with Crippen molar-refractivity contribution in [1.29, 1.82) is 0 Å². The van der Waals surface area contributed by atoms with Crippen LogP contribution in [-0.2, 0) is 41.6 Å². The minimum Gasteiger partial charge on any atom is -0.391 e. The van der Waals surface area contributed by atoms with Gasteiger partial charge < -0.3 is 47.3 Å². The summed E-state index contributed by atoms with van der Waals surface area (Å²) in [6.45, 7) is 3.69. The van der Waals surface area contributed by atoms with Gasteiger partial charge in [0.2, 0.25) is 35.4 Å². The Hall–Kier alpha value is -6.06. The van der Waals surface area contributed by atoms with Crippen molar-refractivity contribution >= 4 is 46.3 Å². The minimum absolute atomic E-state index is 0.0591. The molecule has 0 spiro atoms. The van der Waals surface area contributed by atoms with Crippen molar-refractivity contribution in [2.75, 3.05) is 13.1 Å². The highest BCUT2D eigenvalue weighted by Crippen LogP contribution is 2.28. The molecule has 0 bridgehead atoms. The molecule has 0 aliphatic carbocycles. The number of carbonyl (C=O) groups is 6. The van der Waals surface area contributed by atoms with Gasteiger partial charge in [0.25, 0.3) is 0 Å². The van der Waals surface area contributed by atoms with Gasteiger partial charge in [-0.15, -0.1) is 0 Å². The maximum atomic E-state index is 14.6. The predicted molar refractivity (Wildman–Crippen MR) is 226 cm³/mol. The van der Waals surface area contributed by atoms with Crippen molar-refractivity contribution in [2.45, 2.75) is 107 Å². The average Bonchev–Trinajstić information content (AvgIpc) is 3.92. The number of nitrogens with two attached hydrogens (primary N) is 1. The summed E-state index contributed by atoms with van der Waals surface area (Å²) in [6, 6.07) is 18.4. The van der Waals surface area contributed by atoms with Crippen LogP contribution in [0, 0.1) is 0 Å². The summed E-state index contributed by atoms with van der Waals surface area (Å²) in [6.07, 6.45) is 2.40. The number of aromatic nitrogens is 1. The molecule has 8 atom stereocenters. The quantitative estimate of drug-likeness (QED) is 0.104. The maximum Gasteiger partial charge on any atom is 0.246 e. The second-order valence-electron chi connectivity index (χ2n) is 15.8.